The quantitative estimate of drug-likeness (QED) is 0.581. The van der Waals surface area contributed by atoms with Gasteiger partial charge in [0.05, 0.1) is 28.6 Å². The van der Waals surface area contributed by atoms with Crippen molar-refractivity contribution in [3.8, 4) is 0 Å². The number of alkyl halides is 3. The first kappa shape index (κ1) is 21.3. The van der Waals surface area contributed by atoms with Gasteiger partial charge in [-0.2, -0.15) is 23.4 Å². The van der Waals surface area contributed by atoms with E-state index in [4.69, 9.17) is 0 Å². The Hall–Kier alpha value is -2.43. The highest BCUT2D eigenvalue weighted by atomic mass is 79.9. The van der Waals surface area contributed by atoms with Crippen molar-refractivity contribution in [2.24, 2.45) is 7.05 Å². The van der Waals surface area contributed by atoms with Crippen LogP contribution in [0.5, 0.6) is 0 Å². The SMILES string of the molecule is CN(Cc1c(Br)cnn1C)C(=O)c1cc2nc(C(C)(C)C)cc(C(F)(F)F)n2n1. The molecule has 0 atom stereocenters. The summed E-state index contributed by atoms with van der Waals surface area (Å²) in [6.45, 7) is 5.52. The molecule has 3 aromatic heterocycles. The van der Waals surface area contributed by atoms with Crippen molar-refractivity contribution < 1.29 is 18.0 Å². The Morgan fingerprint density at radius 2 is 1.90 bits per heavy atom. The lowest BCUT2D eigenvalue weighted by atomic mass is 9.91. The zero-order valence-corrected chi connectivity index (χ0v) is 18.1. The third-order valence-electron chi connectivity index (χ3n) is 4.45. The van der Waals surface area contributed by atoms with Gasteiger partial charge in [0.1, 0.15) is 5.69 Å². The van der Waals surface area contributed by atoms with Gasteiger partial charge in [-0.1, -0.05) is 20.8 Å². The number of nitrogens with zero attached hydrogens (tertiary/aromatic N) is 6. The number of hydrogen-bond donors (Lipinski definition) is 0. The number of halogens is 4. The molecule has 156 valence electrons. The lowest BCUT2D eigenvalue weighted by molar-refractivity contribution is -0.142. The van der Waals surface area contributed by atoms with Crippen LogP contribution in [-0.4, -0.2) is 42.2 Å². The molecule has 0 spiro atoms. The molecule has 0 radical (unpaired) electrons. The first-order valence-electron chi connectivity index (χ1n) is 8.69. The molecule has 3 rings (SSSR count). The molecule has 0 saturated heterocycles. The Morgan fingerprint density at radius 3 is 2.41 bits per heavy atom. The first-order chi connectivity index (χ1) is 13.3. The van der Waals surface area contributed by atoms with Crippen LogP contribution in [0.1, 0.15) is 48.3 Å². The third-order valence-corrected chi connectivity index (χ3v) is 5.11. The average Bonchev–Trinajstić information content (AvgIpc) is 3.16. The minimum atomic E-state index is -4.64. The summed E-state index contributed by atoms with van der Waals surface area (Å²) in [5.74, 6) is -0.519. The summed E-state index contributed by atoms with van der Waals surface area (Å²) >= 11 is 3.36. The van der Waals surface area contributed by atoms with Gasteiger partial charge in [-0.15, -0.1) is 0 Å². The van der Waals surface area contributed by atoms with Gasteiger partial charge in [-0.25, -0.2) is 9.50 Å². The predicted octanol–water partition coefficient (Wildman–Crippen LogP) is 3.81. The maximum Gasteiger partial charge on any atom is 0.433 e. The number of fused-ring (bicyclic) bond motifs is 1. The van der Waals surface area contributed by atoms with Gasteiger partial charge in [0, 0.05) is 25.6 Å². The van der Waals surface area contributed by atoms with Crippen molar-refractivity contribution in [3.63, 3.8) is 0 Å². The topological polar surface area (TPSA) is 68.3 Å². The highest BCUT2D eigenvalue weighted by molar-refractivity contribution is 9.10. The predicted molar refractivity (Wildman–Crippen MR) is 103 cm³/mol. The van der Waals surface area contributed by atoms with Crippen molar-refractivity contribution in [1.82, 2.24) is 29.3 Å². The maximum absolute atomic E-state index is 13.6. The lowest BCUT2D eigenvalue weighted by Crippen LogP contribution is -2.28. The normalized spacial score (nSPS) is 12.6. The van der Waals surface area contributed by atoms with Crippen LogP contribution < -0.4 is 0 Å². The fraction of sp³-hybridized carbons (Fsp3) is 0.444. The van der Waals surface area contributed by atoms with Crippen LogP contribution in [-0.2, 0) is 25.2 Å². The second kappa shape index (κ2) is 7.12. The molecule has 0 aliphatic rings. The van der Waals surface area contributed by atoms with Crippen molar-refractivity contribution in [3.05, 3.63) is 45.6 Å². The van der Waals surface area contributed by atoms with E-state index in [1.54, 1.807) is 45.7 Å². The molecule has 0 saturated carbocycles. The third kappa shape index (κ3) is 4.14. The Labute approximate surface area is 173 Å². The largest absolute Gasteiger partial charge is 0.433 e. The summed E-state index contributed by atoms with van der Waals surface area (Å²) in [7, 11) is 3.28. The smallest absolute Gasteiger partial charge is 0.334 e. The standard InChI is InChI=1S/C18H20BrF3N6O/c1-17(2,3)13-7-14(18(20,21)22)28-15(24-13)6-11(25-28)16(29)26(4)9-12-10(19)8-23-27(12)5/h6-8H,9H2,1-5H3. The molecule has 0 aliphatic heterocycles. The minimum Gasteiger partial charge on any atom is -0.334 e. The number of aryl methyl sites for hydroxylation is 1. The number of rotatable bonds is 3. The Balaban J connectivity index is 2.03. The van der Waals surface area contributed by atoms with Gasteiger partial charge < -0.3 is 4.90 Å². The van der Waals surface area contributed by atoms with Crippen LogP contribution >= 0.6 is 15.9 Å². The van der Waals surface area contributed by atoms with E-state index in [0.29, 0.717) is 4.52 Å². The van der Waals surface area contributed by atoms with E-state index >= 15 is 0 Å². The van der Waals surface area contributed by atoms with Gasteiger partial charge in [0.15, 0.2) is 11.3 Å². The van der Waals surface area contributed by atoms with E-state index in [0.717, 1.165) is 16.2 Å². The summed E-state index contributed by atoms with van der Waals surface area (Å²) < 4.78 is 43.8. The van der Waals surface area contributed by atoms with Crippen LogP contribution in [0.25, 0.3) is 5.65 Å². The molecule has 3 heterocycles. The highest BCUT2D eigenvalue weighted by Gasteiger charge is 2.36. The van der Waals surface area contributed by atoms with Gasteiger partial charge in [-0.3, -0.25) is 9.48 Å². The van der Waals surface area contributed by atoms with Crippen molar-refractivity contribution in [1.29, 1.82) is 0 Å². The summed E-state index contributed by atoms with van der Waals surface area (Å²) in [5, 5.41) is 7.99. The molecule has 0 fully saturated rings. The number of carbonyl (C=O) groups is 1. The highest BCUT2D eigenvalue weighted by Crippen LogP contribution is 2.32. The maximum atomic E-state index is 13.6. The number of hydrogen-bond acceptors (Lipinski definition) is 4. The van der Waals surface area contributed by atoms with Crippen molar-refractivity contribution >= 4 is 27.5 Å². The van der Waals surface area contributed by atoms with Crippen LogP contribution in [0.3, 0.4) is 0 Å². The van der Waals surface area contributed by atoms with Crippen LogP contribution in [0, 0.1) is 0 Å². The monoisotopic (exact) mass is 472 g/mol. The fourth-order valence-corrected chi connectivity index (χ4v) is 3.24. The molecule has 0 aliphatic carbocycles. The molecular formula is C18H20BrF3N6O. The summed E-state index contributed by atoms with van der Waals surface area (Å²) in [6.07, 6.45) is -3.04. The molecule has 7 nitrogen and oxygen atoms in total. The van der Waals surface area contributed by atoms with Gasteiger partial charge in [0.25, 0.3) is 5.91 Å². The molecule has 11 heteroatoms. The van der Waals surface area contributed by atoms with E-state index in [1.165, 1.54) is 11.0 Å². The van der Waals surface area contributed by atoms with Crippen molar-refractivity contribution in [2.45, 2.75) is 38.9 Å². The lowest BCUT2D eigenvalue weighted by Gasteiger charge is -2.19. The number of carbonyl (C=O) groups excluding carboxylic acids is 1. The molecule has 3 aromatic rings. The Kier molecular flexibility index (Phi) is 5.22. The van der Waals surface area contributed by atoms with E-state index in [9.17, 15) is 18.0 Å². The van der Waals surface area contributed by atoms with E-state index in [-0.39, 0.29) is 23.6 Å². The molecule has 29 heavy (non-hydrogen) atoms. The number of amides is 1. The summed E-state index contributed by atoms with van der Waals surface area (Å²) in [4.78, 5) is 18.5. The number of aromatic nitrogens is 5. The second-order valence-electron chi connectivity index (χ2n) is 7.80. The van der Waals surface area contributed by atoms with E-state index < -0.39 is 23.2 Å². The Bertz CT molecular complexity index is 1060. The molecule has 0 aromatic carbocycles. The van der Waals surface area contributed by atoms with Gasteiger partial charge >= 0.3 is 6.18 Å². The molecule has 0 unspecified atom stereocenters. The second-order valence-corrected chi connectivity index (χ2v) is 8.65. The fourth-order valence-electron chi connectivity index (χ4n) is 2.77. The van der Waals surface area contributed by atoms with Crippen molar-refractivity contribution in [2.75, 3.05) is 7.05 Å². The minimum absolute atomic E-state index is 0.0248. The zero-order valence-electron chi connectivity index (χ0n) is 16.5. The van der Waals surface area contributed by atoms with Gasteiger partial charge in [0.2, 0.25) is 0 Å². The molecule has 0 bridgehead atoms. The molecule has 1 amide bonds. The first-order valence-corrected chi connectivity index (χ1v) is 9.48. The summed E-state index contributed by atoms with van der Waals surface area (Å²) in [5.41, 5.74) is -0.697. The Morgan fingerprint density at radius 1 is 1.24 bits per heavy atom. The van der Waals surface area contributed by atoms with Crippen LogP contribution in [0.2, 0.25) is 0 Å². The average molecular weight is 473 g/mol. The summed E-state index contributed by atoms with van der Waals surface area (Å²) in [6, 6.07) is 2.26. The zero-order chi connectivity index (χ0) is 21.7. The van der Waals surface area contributed by atoms with Crippen LogP contribution in [0.4, 0.5) is 13.2 Å². The molecular weight excluding hydrogens is 453 g/mol. The molecule has 0 N–H and O–H groups in total. The van der Waals surface area contributed by atoms with E-state index in [1.807, 2.05) is 0 Å². The van der Waals surface area contributed by atoms with Crippen LogP contribution in [0.15, 0.2) is 22.8 Å². The van der Waals surface area contributed by atoms with E-state index in [2.05, 4.69) is 31.1 Å². The van der Waals surface area contributed by atoms with Gasteiger partial charge in [-0.05, 0) is 22.0 Å².